The quantitative estimate of drug-likeness (QED) is 0.792. The van der Waals surface area contributed by atoms with Crippen molar-refractivity contribution in [2.45, 2.75) is 19.9 Å². The monoisotopic (exact) mass is 374 g/mol. The molecular weight excluding hydrogens is 359 g/mol. The summed E-state index contributed by atoms with van der Waals surface area (Å²) in [7, 11) is 0. The van der Waals surface area contributed by atoms with E-state index in [2.05, 4.69) is 21.2 Å². The molecule has 1 rings (SSSR count). The van der Waals surface area contributed by atoms with Gasteiger partial charge in [0.1, 0.15) is 11.9 Å². The van der Waals surface area contributed by atoms with E-state index in [9.17, 15) is 18.8 Å². The van der Waals surface area contributed by atoms with Gasteiger partial charge in [-0.05, 0) is 25.1 Å². The summed E-state index contributed by atoms with van der Waals surface area (Å²) in [6, 6.07) is 2.69. The summed E-state index contributed by atoms with van der Waals surface area (Å²) in [5.41, 5.74) is -0.231. The summed E-state index contributed by atoms with van der Waals surface area (Å²) < 4.78 is 14.3. The highest BCUT2D eigenvalue weighted by Crippen LogP contribution is 2.18. The lowest BCUT2D eigenvalue weighted by Crippen LogP contribution is -2.47. The fourth-order valence-electron chi connectivity index (χ4n) is 1.77. The number of nitrogens with zero attached hydrogens (tertiary/aromatic N) is 1. The predicted octanol–water partition coefficient (Wildman–Crippen LogP) is 1.64. The van der Waals surface area contributed by atoms with Crippen molar-refractivity contribution < 1.29 is 23.9 Å². The van der Waals surface area contributed by atoms with Crippen LogP contribution in [0.25, 0.3) is 0 Å². The number of rotatable bonds is 6. The van der Waals surface area contributed by atoms with E-state index >= 15 is 0 Å². The molecule has 8 heteroatoms. The Morgan fingerprint density at radius 3 is 2.59 bits per heavy atom. The molecule has 1 aromatic rings. The Labute approximate surface area is 135 Å². The topological polar surface area (TPSA) is 86.7 Å². The lowest BCUT2D eigenvalue weighted by atomic mass is 10.1. The number of hydrogen-bond donors (Lipinski definition) is 2. The maximum Gasteiger partial charge on any atom is 0.326 e. The van der Waals surface area contributed by atoms with Crippen LogP contribution < -0.4 is 5.32 Å². The molecule has 1 atom stereocenters. The number of benzene rings is 1. The minimum Gasteiger partial charge on any atom is -0.480 e. The Morgan fingerprint density at radius 1 is 1.41 bits per heavy atom. The number of carbonyl (C=O) groups excluding carboxylic acids is 2. The summed E-state index contributed by atoms with van der Waals surface area (Å²) in [5, 5.41) is 11.6. The Kier molecular flexibility index (Phi) is 6.48. The zero-order valence-corrected chi connectivity index (χ0v) is 13.7. The summed E-state index contributed by atoms with van der Waals surface area (Å²) in [5.74, 6) is -3.01. The van der Waals surface area contributed by atoms with Gasteiger partial charge in [0.2, 0.25) is 5.91 Å². The van der Waals surface area contributed by atoms with Gasteiger partial charge in [0.05, 0.1) is 5.56 Å². The highest BCUT2D eigenvalue weighted by molar-refractivity contribution is 9.10. The van der Waals surface area contributed by atoms with Gasteiger partial charge in [-0.1, -0.05) is 15.9 Å². The maximum atomic E-state index is 13.8. The van der Waals surface area contributed by atoms with Gasteiger partial charge in [-0.15, -0.1) is 0 Å². The SMILES string of the molecule is CC(=O)NCCN(C(=O)c1cc(Br)ccc1F)C(C)C(=O)O. The molecule has 2 N–H and O–H groups in total. The Hall–Kier alpha value is -1.96. The van der Waals surface area contributed by atoms with Crippen molar-refractivity contribution in [1.29, 1.82) is 0 Å². The van der Waals surface area contributed by atoms with E-state index in [-0.39, 0.29) is 24.6 Å². The molecular formula is C14H16BrFN2O4. The summed E-state index contributed by atoms with van der Waals surface area (Å²) in [4.78, 5) is 35.4. The standard InChI is InChI=1S/C14H16BrFN2O4/c1-8(14(21)22)18(6-5-17-9(2)19)13(20)11-7-10(15)3-4-12(11)16/h3-4,7-8H,5-6H2,1-2H3,(H,17,19)(H,21,22). The van der Waals surface area contributed by atoms with Crippen LogP contribution in [0.1, 0.15) is 24.2 Å². The second-order valence-electron chi connectivity index (χ2n) is 4.62. The summed E-state index contributed by atoms with van der Waals surface area (Å²) in [6.07, 6.45) is 0. The molecule has 0 saturated heterocycles. The third kappa shape index (κ3) is 4.80. The number of carboxylic acid groups (broad SMARTS) is 1. The highest BCUT2D eigenvalue weighted by Gasteiger charge is 2.28. The van der Waals surface area contributed by atoms with E-state index < -0.39 is 23.7 Å². The summed E-state index contributed by atoms with van der Waals surface area (Å²) in [6.45, 7) is 2.66. The van der Waals surface area contributed by atoms with Gasteiger partial charge in [0, 0.05) is 24.5 Å². The average molecular weight is 375 g/mol. The lowest BCUT2D eigenvalue weighted by Gasteiger charge is -2.27. The molecule has 0 saturated carbocycles. The van der Waals surface area contributed by atoms with Gasteiger partial charge in [-0.25, -0.2) is 9.18 Å². The van der Waals surface area contributed by atoms with E-state index in [1.165, 1.54) is 26.0 Å². The molecule has 22 heavy (non-hydrogen) atoms. The Bertz CT molecular complexity index is 594. The number of carbonyl (C=O) groups is 3. The maximum absolute atomic E-state index is 13.8. The zero-order valence-electron chi connectivity index (χ0n) is 12.1. The lowest BCUT2D eigenvalue weighted by molar-refractivity contribution is -0.141. The van der Waals surface area contributed by atoms with Crippen molar-refractivity contribution in [2.24, 2.45) is 0 Å². The first-order chi connectivity index (χ1) is 10.2. The molecule has 0 bridgehead atoms. The van der Waals surface area contributed by atoms with Crippen LogP contribution in [0.15, 0.2) is 22.7 Å². The van der Waals surface area contributed by atoms with E-state index in [1.54, 1.807) is 0 Å². The van der Waals surface area contributed by atoms with Crippen LogP contribution in [0.3, 0.4) is 0 Å². The van der Waals surface area contributed by atoms with Gasteiger partial charge >= 0.3 is 5.97 Å². The fraction of sp³-hybridized carbons (Fsp3) is 0.357. The number of hydrogen-bond acceptors (Lipinski definition) is 3. The van der Waals surface area contributed by atoms with Crippen LogP contribution in [0.4, 0.5) is 4.39 Å². The normalized spacial score (nSPS) is 11.6. The largest absolute Gasteiger partial charge is 0.480 e. The molecule has 0 radical (unpaired) electrons. The van der Waals surface area contributed by atoms with Crippen molar-refractivity contribution in [3.05, 3.63) is 34.1 Å². The molecule has 0 heterocycles. The third-order valence-electron chi connectivity index (χ3n) is 2.97. The Morgan fingerprint density at radius 2 is 2.05 bits per heavy atom. The molecule has 0 spiro atoms. The van der Waals surface area contributed by atoms with Crippen molar-refractivity contribution in [2.75, 3.05) is 13.1 Å². The zero-order chi connectivity index (χ0) is 16.9. The van der Waals surface area contributed by atoms with Crippen molar-refractivity contribution >= 4 is 33.7 Å². The molecule has 120 valence electrons. The number of halogens is 2. The molecule has 6 nitrogen and oxygen atoms in total. The predicted molar refractivity (Wildman–Crippen MR) is 80.9 cm³/mol. The van der Waals surface area contributed by atoms with E-state index in [1.807, 2.05) is 0 Å². The van der Waals surface area contributed by atoms with Crippen LogP contribution in [-0.2, 0) is 9.59 Å². The average Bonchev–Trinajstić information content (AvgIpc) is 2.44. The van der Waals surface area contributed by atoms with Gasteiger partial charge in [-0.3, -0.25) is 9.59 Å². The Balaban J connectivity index is 3.03. The molecule has 0 aromatic heterocycles. The molecule has 0 aliphatic rings. The highest BCUT2D eigenvalue weighted by atomic mass is 79.9. The molecule has 0 aliphatic heterocycles. The van der Waals surface area contributed by atoms with E-state index in [4.69, 9.17) is 5.11 Å². The van der Waals surface area contributed by atoms with Crippen molar-refractivity contribution in [3.63, 3.8) is 0 Å². The molecule has 0 fully saturated rings. The second kappa shape index (κ2) is 7.88. The first-order valence-electron chi connectivity index (χ1n) is 6.47. The van der Waals surface area contributed by atoms with Gasteiger partial charge in [0.15, 0.2) is 0 Å². The smallest absolute Gasteiger partial charge is 0.326 e. The van der Waals surface area contributed by atoms with Gasteiger partial charge in [-0.2, -0.15) is 0 Å². The molecule has 1 aromatic carbocycles. The molecule has 2 amide bonds. The third-order valence-corrected chi connectivity index (χ3v) is 3.46. The van der Waals surface area contributed by atoms with Crippen LogP contribution in [-0.4, -0.2) is 46.9 Å². The number of nitrogens with one attached hydrogen (secondary N) is 1. The van der Waals surface area contributed by atoms with Crippen LogP contribution in [0.5, 0.6) is 0 Å². The number of amides is 2. The van der Waals surface area contributed by atoms with Crippen LogP contribution in [0.2, 0.25) is 0 Å². The summed E-state index contributed by atoms with van der Waals surface area (Å²) >= 11 is 3.14. The van der Waals surface area contributed by atoms with Crippen molar-refractivity contribution in [1.82, 2.24) is 10.2 Å². The minimum absolute atomic E-state index is 0.0438. The minimum atomic E-state index is -1.22. The number of aliphatic carboxylic acids is 1. The second-order valence-corrected chi connectivity index (χ2v) is 5.54. The molecule has 0 aliphatic carbocycles. The first kappa shape index (κ1) is 18.1. The number of carboxylic acids is 1. The first-order valence-corrected chi connectivity index (χ1v) is 7.26. The van der Waals surface area contributed by atoms with Gasteiger partial charge < -0.3 is 15.3 Å². The molecule has 1 unspecified atom stereocenters. The van der Waals surface area contributed by atoms with Crippen LogP contribution >= 0.6 is 15.9 Å². The van der Waals surface area contributed by atoms with E-state index in [0.717, 1.165) is 11.0 Å². The van der Waals surface area contributed by atoms with Gasteiger partial charge in [0.25, 0.3) is 5.91 Å². The van der Waals surface area contributed by atoms with Crippen molar-refractivity contribution in [3.8, 4) is 0 Å². The fourth-order valence-corrected chi connectivity index (χ4v) is 2.13. The van der Waals surface area contributed by atoms with Crippen LogP contribution in [0, 0.1) is 5.82 Å². The van der Waals surface area contributed by atoms with E-state index in [0.29, 0.717) is 4.47 Å².